The van der Waals surface area contributed by atoms with E-state index in [1.807, 2.05) is 0 Å². The molecular formula is C10H13F2N3O5S. The second kappa shape index (κ2) is 6.74. The number of benzene rings is 1. The highest BCUT2D eigenvalue weighted by Crippen LogP contribution is 2.28. The SMILES string of the molecule is Nc1ccc(S(=O)(=O)N(CCO)CC(F)F)c([N+](=O)[O-])c1. The maximum Gasteiger partial charge on any atom is 0.291 e. The van der Waals surface area contributed by atoms with Crippen LogP contribution in [-0.2, 0) is 10.0 Å². The maximum atomic E-state index is 12.4. The molecule has 0 fully saturated rings. The lowest BCUT2D eigenvalue weighted by atomic mass is 10.3. The van der Waals surface area contributed by atoms with Crippen molar-refractivity contribution in [2.24, 2.45) is 0 Å². The van der Waals surface area contributed by atoms with Gasteiger partial charge < -0.3 is 10.8 Å². The zero-order valence-electron chi connectivity index (χ0n) is 10.6. The number of nitrogens with zero attached hydrogens (tertiary/aromatic N) is 2. The van der Waals surface area contributed by atoms with Crippen LogP contribution in [0.2, 0.25) is 0 Å². The van der Waals surface area contributed by atoms with Crippen molar-refractivity contribution < 1.29 is 27.2 Å². The molecule has 0 aliphatic heterocycles. The van der Waals surface area contributed by atoms with E-state index in [2.05, 4.69) is 0 Å². The molecule has 8 nitrogen and oxygen atoms in total. The van der Waals surface area contributed by atoms with Gasteiger partial charge in [-0.1, -0.05) is 0 Å². The van der Waals surface area contributed by atoms with E-state index in [-0.39, 0.29) is 9.99 Å². The Labute approximate surface area is 119 Å². The van der Waals surface area contributed by atoms with Crippen molar-refractivity contribution in [3.63, 3.8) is 0 Å². The first-order chi connectivity index (χ1) is 9.70. The molecular weight excluding hydrogens is 312 g/mol. The average molecular weight is 325 g/mol. The minimum absolute atomic E-state index is 0.0387. The Balaban J connectivity index is 3.37. The first-order valence-corrected chi connectivity index (χ1v) is 7.07. The lowest BCUT2D eigenvalue weighted by Gasteiger charge is -2.20. The predicted molar refractivity (Wildman–Crippen MR) is 69.4 cm³/mol. The number of nitrogen functional groups attached to an aromatic ring is 1. The lowest BCUT2D eigenvalue weighted by Crippen LogP contribution is -2.37. The van der Waals surface area contributed by atoms with Gasteiger partial charge in [0.1, 0.15) is 0 Å². The maximum absolute atomic E-state index is 12.4. The fourth-order valence-corrected chi connectivity index (χ4v) is 3.16. The topological polar surface area (TPSA) is 127 Å². The minimum Gasteiger partial charge on any atom is -0.399 e. The molecule has 0 atom stereocenters. The van der Waals surface area contributed by atoms with E-state index in [1.165, 1.54) is 0 Å². The van der Waals surface area contributed by atoms with E-state index in [1.54, 1.807) is 0 Å². The van der Waals surface area contributed by atoms with Gasteiger partial charge in [0, 0.05) is 18.3 Å². The third-order valence-electron chi connectivity index (χ3n) is 2.49. The molecule has 0 saturated heterocycles. The third kappa shape index (κ3) is 4.06. The number of nitro groups is 1. The standard InChI is InChI=1S/C10H13F2N3O5S/c11-10(12)6-14(3-4-16)21(19,20)9-2-1-7(13)5-8(9)15(17)18/h1-2,5,10,16H,3-4,6,13H2. The molecule has 118 valence electrons. The van der Waals surface area contributed by atoms with Gasteiger partial charge in [-0.05, 0) is 12.1 Å². The summed E-state index contributed by atoms with van der Waals surface area (Å²) in [5, 5.41) is 19.7. The smallest absolute Gasteiger partial charge is 0.291 e. The fraction of sp³-hybridized carbons (Fsp3) is 0.400. The highest BCUT2D eigenvalue weighted by molar-refractivity contribution is 7.89. The predicted octanol–water partition coefficient (Wildman–Crippen LogP) is 0.425. The molecule has 0 heterocycles. The Bertz CT molecular complexity index is 623. The van der Waals surface area contributed by atoms with Crippen LogP contribution in [0.5, 0.6) is 0 Å². The van der Waals surface area contributed by atoms with E-state index in [0.29, 0.717) is 0 Å². The second-order valence-corrected chi connectivity index (χ2v) is 5.87. The van der Waals surface area contributed by atoms with Crippen LogP contribution >= 0.6 is 0 Å². The van der Waals surface area contributed by atoms with Crippen LogP contribution in [0.3, 0.4) is 0 Å². The van der Waals surface area contributed by atoms with Crippen LogP contribution in [0, 0.1) is 10.1 Å². The monoisotopic (exact) mass is 325 g/mol. The zero-order valence-corrected chi connectivity index (χ0v) is 11.5. The highest BCUT2D eigenvalue weighted by Gasteiger charge is 2.33. The number of anilines is 1. The molecule has 0 radical (unpaired) electrons. The quantitative estimate of drug-likeness (QED) is 0.425. The number of rotatable bonds is 7. The summed E-state index contributed by atoms with van der Waals surface area (Å²) >= 11 is 0. The van der Waals surface area contributed by atoms with E-state index in [0.717, 1.165) is 18.2 Å². The largest absolute Gasteiger partial charge is 0.399 e. The second-order valence-electron chi connectivity index (χ2n) is 3.96. The number of aliphatic hydroxyl groups excluding tert-OH is 1. The van der Waals surface area contributed by atoms with Gasteiger partial charge in [0.2, 0.25) is 10.0 Å². The Morgan fingerprint density at radius 2 is 2.05 bits per heavy atom. The molecule has 11 heteroatoms. The van der Waals surface area contributed by atoms with Gasteiger partial charge in [-0.2, -0.15) is 4.31 Å². The molecule has 0 unspecified atom stereocenters. The first-order valence-electron chi connectivity index (χ1n) is 5.63. The number of alkyl halides is 2. The first kappa shape index (κ1) is 17.2. The Hall–Kier alpha value is -1.85. The molecule has 3 N–H and O–H groups in total. The van der Waals surface area contributed by atoms with Crippen molar-refractivity contribution in [3.05, 3.63) is 28.3 Å². The van der Waals surface area contributed by atoms with Crippen LogP contribution in [0.4, 0.5) is 20.2 Å². The van der Waals surface area contributed by atoms with Crippen molar-refractivity contribution in [2.45, 2.75) is 11.3 Å². The number of nitro benzene ring substituents is 1. The molecule has 0 bridgehead atoms. The summed E-state index contributed by atoms with van der Waals surface area (Å²) in [4.78, 5) is 9.17. The summed E-state index contributed by atoms with van der Waals surface area (Å²) in [7, 11) is -4.55. The Morgan fingerprint density at radius 1 is 1.43 bits per heavy atom. The lowest BCUT2D eigenvalue weighted by molar-refractivity contribution is -0.387. The molecule has 0 amide bonds. The molecule has 0 saturated carbocycles. The molecule has 0 aliphatic rings. The summed E-state index contributed by atoms with van der Waals surface area (Å²) in [5.41, 5.74) is 4.50. The number of aliphatic hydroxyl groups is 1. The summed E-state index contributed by atoms with van der Waals surface area (Å²) < 4.78 is 49.6. The molecule has 1 aromatic rings. The number of hydrogen-bond acceptors (Lipinski definition) is 6. The summed E-state index contributed by atoms with van der Waals surface area (Å²) in [6.07, 6.45) is -2.99. The average Bonchev–Trinajstić information content (AvgIpc) is 2.37. The molecule has 1 aromatic carbocycles. The van der Waals surface area contributed by atoms with Crippen molar-refractivity contribution in [1.82, 2.24) is 4.31 Å². The van der Waals surface area contributed by atoms with Gasteiger partial charge in [-0.3, -0.25) is 10.1 Å². The fourth-order valence-electron chi connectivity index (χ4n) is 1.61. The van der Waals surface area contributed by atoms with Gasteiger partial charge >= 0.3 is 0 Å². The van der Waals surface area contributed by atoms with Crippen molar-refractivity contribution in [1.29, 1.82) is 0 Å². The van der Waals surface area contributed by atoms with Crippen molar-refractivity contribution in [2.75, 3.05) is 25.4 Å². The molecule has 0 aromatic heterocycles. The summed E-state index contributed by atoms with van der Waals surface area (Å²) in [6.45, 7) is -2.48. The van der Waals surface area contributed by atoms with Crippen LogP contribution in [0.15, 0.2) is 23.1 Å². The molecule has 1 rings (SSSR count). The van der Waals surface area contributed by atoms with E-state index >= 15 is 0 Å². The van der Waals surface area contributed by atoms with Gasteiger partial charge in [0.05, 0.1) is 18.1 Å². The van der Waals surface area contributed by atoms with E-state index in [9.17, 15) is 27.3 Å². The molecule has 0 spiro atoms. The van der Waals surface area contributed by atoms with Crippen LogP contribution < -0.4 is 5.73 Å². The number of hydrogen-bond donors (Lipinski definition) is 2. The Morgan fingerprint density at radius 3 is 2.52 bits per heavy atom. The zero-order chi connectivity index (χ0) is 16.2. The summed E-state index contributed by atoms with van der Waals surface area (Å²) in [5.74, 6) is 0. The number of nitrogens with two attached hydrogens (primary N) is 1. The van der Waals surface area contributed by atoms with Crippen molar-refractivity contribution in [3.8, 4) is 0 Å². The molecule has 21 heavy (non-hydrogen) atoms. The number of halogens is 2. The normalized spacial score (nSPS) is 12.0. The third-order valence-corrected chi connectivity index (χ3v) is 4.40. The van der Waals surface area contributed by atoms with Gasteiger partial charge in [0.15, 0.2) is 4.90 Å². The van der Waals surface area contributed by atoms with E-state index < -0.39 is 51.7 Å². The number of sulfonamides is 1. The highest BCUT2D eigenvalue weighted by atomic mass is 32.2. The Kier molecular flexibility index (Phi) is 5.52. The van der Waals surface area contributed by atoms with Gasteiger partial charge in [0.25, 0.3) is 12.1 Å². The van der Waals surface area contributed by atoms with Gasteiger partial charge in [-0.25, -0.2) is 17.2 Å². The summed E-state index contributed by atoms with van der Waals surface area (Å²) in [6, 6.07) is 2.81. The van der Waals surface area contributed by atoms with Crippen LogP contribution in [0.1, 0.15) is 0 Å². The van der Waals surface area contributed by atoms with Crippen LogP contribution in [-0.4, -0.2) is 48.9 Å². The van der Waals surface area contributed by atoms with Crippen molar-refractivity contribution >= 4 is 21.4 Å². The van der Waals surface area contributed by atoms with Crippen LogP contribution in [0.25, 0.3) is 0 Å². The van der Waals surface area contributed by atoms with E-state index in [4.69, 9.17) is 10.8 Å². The van der Waals surface area contributed by atoms with Gasteiger partial charge in [-0.15, -0.1) is 0 Å². The molecule has 0 aliphatic carbocycles. The minimum atomic E-state index is -4.55.